The van der Waals surface area contributed by atoms with Gasteiger partial charge < -0.3 is 0 Å². The molecule has 0 atom stereocenters. The summed E-state index contributed by atoms with van der Waals surface area (Å²) >= 11 is 0. The van der Waals surface area contributed by atoms with E-state index < -0.39 is 0 Å². The van der Waals surface area contributed by atoms with Gasteiger partial charge in [0.15, 0.2) is 0 Å². The second kappa shape index (κ2) is 3.37. The summed E-state index contributed by atoms with van der Waals surface area (Å²) in [5.41, 5.74) is 3.81. The predicted octanol–water partition coefficient (Wildman–Crippen LogP) is 1.13. The minimum Gasteiger partial charge on any atom is -0.290 e. The second-order valence-electron chi connectivity index (χ2n) is 2.70. The fraction of sp³-hybridized carbons (Fsp3) is 0.111. The monoisotopic (exact) mass is 175 g/mol. The normalized spacial score (nSPS) is 14.4. The van der Waals surface area contributed by atoms with Crippen LogP contribution in [0.2, 0.25) is 0 Å². The first-order valence-electron chi connectivity index (χ1n) is 3.96. The van der Waals surface area contributed by atoms with E-state index in [0.29, 0.717) is 12.4 Å². The van der Waals surface area contributed by atoms with Crippen LogP contribution >= 0.6 is 0 Å². The standard InChI is InChI=1S/C9H9N3O/c13-12-9-6-10-5-7-3-1-2-4-8(7)11-9/h1-5,13H,6H2,(H,11,12). The van der Waals surface area contributed by atoms with Crippen LogP contribution in [0.4, 0.5) is 5.69 Å². The molecule has 0 radical (unpaired) electrons. The molecular formula is C9H9N3O. The number of para-hydroxylation sites is 1. The van der Waals surface area contributed by atoms with E-state index in [9.17, 15) is 0 Å². The lowest BCUT2D eigenvalue weighted by molar-refractivity contribution is 0.233. The van der Waals surface area contributed by atoms with Crippen LogP contribution in [0.3, 0.4) is 0 Å². The molecule has 2 rings (SSSR count). The van der Waals surface area contributed by atoms with Gasteiger partial charge in [-0.05, 0) is 6.07 Å². The molecule has 4 heteroatoms. The summed E-state index contributed by atoms with van der Waals surface area (Å²) < 4.78 is 0. The molecule has 0 saturated carbocycles. The highest BCUT2D eigenvalue weighted by Gasteiger charge is 2.04. The van der Waals surface area contributed by atoms with E-state index in [1.165, 1.54) is 0 Å². The van der Waals surface area contributed by atoms with Crippen molar-refractivity contribution < 1.29 is 5.21 Å². The van der Waals surface area contributed by atoms with Gasteiger partial charge in [-0.15, -0.1) is 0 Å². The van der Waals surface area contributed by atoms with Gasteiger partial charge in [-0.2, -0.15) is 0 Å². The van der Waals surface area contributed by atoms with Gasteiger partial charge in [-0.1, -0.05) is 18.2 Å². The van der Waals surface area contributed by atoms with Gasteiger partial charge >= 0.3 is 0 Å². The van der Waals surface area contributed by atoms with Crippen LogP contribution in [0, 0.1) is 0 Å². The average Bonchev–Trinajstić information content (AvgIpc) is 2.38. The zero-order valence-corrected chi connectivity index (χ0v) is 6.94. The summed E-state index contributed by atoms with van der Waals surface area (Å²) in [6.45, 7) is 0.380. The first kappa shape index (κ1) is 7.94. The summed E-state index contributed by atoms with van der Waals surface area (Å²) in [6.07, 6.45) is 1.75. The molecule has 4 nitrogen and oxygen atoms in total. The molecule has 0 saturated heterocycles. The number of hydroxylamine groups is 1. The zero-order chi connectivity index (χ0) is 9.10. The Bertz CT molecular complexity index is 371. The smallest absolute Gasteiger partial charge is 0.147 e. The molecule has 66 valence electrons. The lowest BCUT2D eigenvalue weighted by Gasteiger charge is -1.99. The van der Waals surface area contributed by atoms with Crippen molar-refractivity contribution >= 4 is 17.7 Å². The Labute approximate surface area is 75.6 Å². The predicted molar refractivity (Wildman–Crippen MR) is 50.9 cm³/mol. The molecule has 0 amide bonds. The molecule has 1 aromatic carbocycles. The SMILES string of the molecule is ONC1=Nc2ccccc2C=NC1. The van der Waals surface area contributed by atoms with E-state index in [2.05, 4.69) is 9.98 Å². The number of nitrogens with zero attached hydrogens (tertiary/aromatic N) is 2. The summed E-state index contributed by atoms with van der Waals surface area (Å²) in [4.78, 5) is 8.27. The number of hydrogen-bond acceptors (Lipinski definition) is 4. The Kier molecular flexibility index (Phi) is 2.06. The van der Waals surface area contributed by atoms with Crippen LogP contribution in [0.5, 0.6) is 0 Å². The van der Waals surface area contributed by atoms with Crippen LogP contribution < -0.4 is 5.48 Å². The molecule has 0 spiro atoms. The topological polar surface area (TPSA) is 57.0 Å². The Hall–Kier alpha value is -1.68. The molecule has 0 aliphatic carbocycles. The summed E-state index contributed by atoms with van der Waals surface area (Å²) in [5.74, 6) is 0.459. The van der Waals surface area contributed by atoms with Gasteiger partial charge in [0.1, 0.15) is 5.84 Å². The maximum Gasteiger partial charge on any atom is 0.147 e. The first-order valence-corrected chi connectivity index (χ1v) is 3.96. The van der Waals surface area contributed by atoms with E-state index >= 15 is 0 Å². The van der Waals surface area contributed by atoms with Crippen molar-refractivity contribution in [1.82, 2.24) is 5.48 Å². The number of hydrogen-bond donors (Lipinski definition) is 2. The Morgan fingerprint density at radius 2 is 2.15 bits per heavy atom. The fourth-order valence-corrected chi connectivity index (χ4v) is 1.17. The van der Waals surface area contributed by atoms with Crippen molar-refractivity contribution in [3.63, 3.8) is 0 Å². The zero-order valence-electron chi connectivity index (χ0n) is 6.94. The third-order valence-corrected chi connectivity index (χ3v) is 1.79. The van der Waals surface area contributed by atoms with Crippen molar-refractivity contribution in [3.8, 4) is 0 Å². The fourth-order valence-electron chi connectivity index (χ4n) is 1.17. The molecule has 2 N–H and O–H groups in total. The van der Waals surface area contributed by atoms with Gasteiger partial charge in [-0.3, -0.25) is 15.7 Å². The second-order valence-corrected chi connectivity index (χ2v) is 2.70. The highest BCUT2D eigenvalue weighted by Crippen LogP contribution is 2.18. The maximum absolute atomic E-state index is 8.69. The lowest BCUT2D eigenvalue weighted by atomic mass is 10.2. The molecule has 1 heterocycles. The first-order chi connectivity index (χ1) is 6.40. The van der Waals surface area contributed by atoms with Gasteiger partial charge in [-0.25, -0.2) is 4.99 Å². The highest BCUT2D eigenvalue weighted by atomic mass is 16.5. The molecule has 0 aromatic heterocycles. The molecule has 13 heavy (non-hydrogen) atoms. The molecule has 0 bridgehead atoms. The molecule has 1 aromatic rings. The summed E-state index contributed by atoms with van der Waals surface area (Å²) in [5, 5.41) is 8.69. The van der Waals surface area contributed by atoms with Crippen LogP contribution in [-0.2, 0) is 0 Å². The third kappa shape index (κ3) is 1.57. The summed E-state index contributed by atoms with van der Waals surface area (Å²) in [7, 11) is 0. The molecule has 0 fully saturated rings. The Morgan fingerprint density at radius 3 is 3.00 bits per heavy atom. The number of nitrogens with one attached hydrogen (secondary N) is 1. The minimum atomic E-state index is 0.380. The van der Waals surface area contributed by atoms with E-state index in [1.807, 2.05) is 29.7 Å². The van der Waals surface area contributed by atoms with E-state index in [1.54, 1.807) is 6.21 Å². The van der Waals surface area contributed by atoms with E-state index in [4.69, 9.17) is 5.21 Å². The van der Waals surface area contributed by atoms with Gasteiger partial charge in [0.05, 0.1) is 12.2 Å². The van der Waals surface area contributed by atoms with Crippen molar-refractivity contribution in [2.45, 2.75) is 0 Å². The summed E-state index contributed by atoms with van der Waals surface area (Å²) in [6, 6.07) is 7.64. The number of aliphatic imine (C=N–C) groups is 2. The Morgan fingerprint density at radius 1 is 1.31 bits per heavy atom. The van der Waals surface area contributed by atoms with E-state index in [0.717, 1.165) is 11.3 Å². The van der Waals surface area contributed by atoms with E-state index in [-0.39, 0.29) is 0 Å². The average molecular weight is 175 g/mol. The molecule has 0 unspecified atom stereocenters. The maximum atomic E-state index is 8.69. The van der Waals surface area contributed by atoms with Crippen LogP contribution in [0.25, 0.3) is 0 Å². The highest BCUT2D eigenvalue weighted by molar-refractivity contribution is 5.95. The van der Waals surface area contributed by atoms with Gasteiger partial charge in [0, 0.05) is 11.8 Å². The lowest BCUT2D eigenvalue weighted by Crippen LogP contribution is -2.21. The largest absolute Gasteiger partial charge is 0.290 e. The van der Waals surface area contributed by atoms with Crippen LogP contribution in [-0.4, -0.2) is 23.8 Å². The number of fused-ring (bicyclic) bond motifs is 1. The molecule has 1 aliphatic rings. The third-order valence-electron chi connectivity index (χ3n) is 1.79. The van der Waals surface area contributed by atoms with Crippen molar-refractivity contribution in [2.75, 3.05) is 6.54 Å². The van der Waals surface area contributed by atoms with Crippen molar-refractivity contribution in [3.05, 3.63) is 29.8 Å². The van der Waals surface area contributed by atoms with Crippen molar-refractivity contribution in [2.24, 2.45) is 9.98 Å². The quantitative estimate of drug-likeness (QED) is 0.581. The Balaban J connectivity index is 2.49. The number of amidine groups is 1. The van der Waals surface area contributed by atoms with Crippen LogP contribution in [0.15, 0.2) is 34.3 Å². The molecular weight excluding hydrogens is 166 g/mol. The number of rotatable bonds is 0. The molecule has 1 aliphatic heterocycles. The minimum absolute atomic E-state index is 0.380. The van der Waals surface area contributed by atoms with Crippen LogP contribution in [0.1, 0.15) is 5.56 Å². The van der Waals surface area contributed by atoms with Gasteiger partial charge in [0.25, 0.3) is 0 Å². The van der Waals surface area contributed by atoms with Gasteiger partial charge in [0.2, 0.25) is 0 Å². The number of benzene rings is 1. The van der Waals surface area contributed by atoms with Crippen molar-refractivity contribution in [1.29, 1.82) is 0 Å².